The minimum Gasteiger partial charge on any atom is -0.372 e. The molecule has 1 amide bonds. The Bertz CT molecular complexity index is 393. The maximum atomic E-state index is 12.9. The topological polar surface area (TPSA) is 38.3 Å². The van der Waals surface area contributed by atoms with Crippen molar-refractivity contribution in [1.82, 2.24) is 5.32 Å². The van der Waals surface area contributed by atoms with Gasteiger partial charge in [-0.3, -0.25) is 4.79 Å². The zero-order chi connectivity index (χ0) is 12.8. The Labute approximate surface area is 101 Å². The largest absolute Gasteiger partial charge is 0.372 e. The minimum absolute atomic E-state index is 0.132. The second-order valence-electron chi connectivity index (χ2n) is 3.99. The smallest absolute Gasteiger partial charge is 0.248 e. The number of benzene rings is 1. The van der Waals surface area contributed by atoms with E-state index >= 15 is 0 Å². The molecule has 17 heavy (non-hydrogen) atoms. The second-order valence-corrected chi connectivity index (χ2v) is 3.99. The third kappa shape index (κ3) is 4.15. The number of carbonyl (C=O) groups is 1. The molecule has 0 aliphatic carbocycles. The summed E-state index contributed by atoms with van der Waals surface area (Å²) in [6.07, 6.45) is 0.248. The Balaban J connectivity index is 2.43. The van der Waals surface area contributed by atoms with Gasteiger partial charge in [0.15, 0.2) is 0 Å². The monoisotopic (exact) mass is 239 g/mol. The van der Waals surface area contributed by atoms with Gasteiger partial charge < -0.3 is 10.1 Å². The van der Waals surface area contributed by atoms with Crippen molar-refractivity contribution in [2.45, 2.75) is 26.4 Å². The molecule has 0 aliphatic heterocycles. The number of nitrogens with one attached hydrogen (secondary N) is 1. The van der Waals surface area contributed by atoms with Crippen LogP contribution in [0.2, 0.25) is 0 Å². The van der Waals surface area contributed by atoms with Gasteiger partial charge in [0, 0.05) is 13.7 Å². The first-order chi connectivity index (χ1) is 8.04. The summed E-state index contributed by atoms with van der Waals surface area (Å²) in [4.78, 5) is 11.4. The van der Waals surface area contributed by atoms with E-state index in [1.807, 2.05) is 6.92 Å². The van der Waals surface area contributed by atoms with Gasteiger partial charge in [0.2, 0.25) is 5.91 Å². The molecule has 1 N–H and O–H groups in total. The van der Waals surface area contributed by atoms with Crippen LogP contribution in [0, 0.1) is 12.7 Å². The van der Waals surface area contributed by atoms with E-state index in [1.54, 1.807) is 13.0 Å². The first-order valence-electron chi connectivity index (χ1n) is 5.60. The highest BCUT2D eigenvalue weighted by Crippen LogP contribution is 2.10. The maximum absolute atomic E-state index is 12.9. The number of ether oxygens (including phenoxy) is 1. The molecule has 0 spiro atoms. The molecular weight excluding hydrogens is 221 g/mol. The van der Waals surface area contributed by atoms with Crippen LogP contribution in [0.4, 0.5) is 4.39 Å². The summed E-state index contributed by atoms with van der Waals surface area (Å²) in [7, 11) is 1.49. The Morgan fingerprint density at radius 2 is 2.24 bits per heavy atom. The Morgan fingerprint density at radius 1 is 1.53 bits per heavy atom. The second kappa shape index (κ2) is 6.35. The van der Waals surface area contributed by atoms with Crippen LogP contribution in [0.1, 0.15) is 18.1 Å². The van der Waals surface area contributed by atoms with Gasteiger partial charge in [-0.15, -0.1) is 0 Å². The summed E-state index contributed by atoms with van der Waals surface area (Å²) < 4.78 is 17.8. The highest BCUT2D eigenvalue weighted by molar-refractivity contribution is 5.80. The van der Waals surface area contributed by atoms with E-state index in [1.165, 1.54) is 19.2 Å². The predicted octanol–water partition coefficient (Wildman–Crippen LogP) is 1.83. The van der Waals surface area contributed by atoms with E-state index in [-0.39, 0.29) is 11.7 Å². The lowest BCUT2D eigenvalue weighted by Gasteiger charge is -2.11. The number of methoxy groups -OCH3 is 1. The molecule has 0 aromatic heterocycles. The van der Waals surface area contributed by atoms with Gasteiger partial charge in [0.25, 0.3) is 0 Å². The number of halogens is 1. The molecule has 1 unspecified atom stereocenters. The Kier molecular flexibility index (Phi) is 5.10. The highest BCUT2D eigenvalue weighted by atomic mass is 19.1. The van der Waals surface area contributed by atoms with E-state index in [4.69, 9.17) is 4.74 Å². The van der Waals surface area contributed by atoms with Crippen molar-refractivity contribution in [3.8, 4) is 0 Å². The fourth-order valence-electron chi connectivity index (χ4n) is 1.51. The summed E-state index contributed by atoms with van der Waals surface area (Å²) in [6, 6.07) is 4.67. The summed E-state index contributed by atoms with van der Waals surface area (Å²) in [5.74, 6) is -0.365. The van der Waals surface area contributed by atoms with Crippen LogP contribution < -0.4 is 5.32 Å². The van der Waals surface area contributed by atoms with Crippen LogP contribution >= 0.6 is 0 Å². The minimum atomic E-state index is -0.440. The van der Waals surface area contributed by atoms with Gasteiger partial charge in [-0.25, -0.2) is 4.39 Å². The summed E-state index contributed by atoms with van der Waals surface area (Å²) in [5, 5.41) is 2.77. The average Bonchev–Trinajstić information content (AvgIpc) is 2.30. The number of carbonyl (C=O) groups excluding carboxylic acids is 1. The molecule has 0 radical (unpaired) electrons. The van der Waals surface area contributed by atoms with Crippen LogP contribution in [0.3, 0.4) is 0 Å². The first-order valence-corrected chi connectivity index (χ1v) is 5.60. The van der Waals surface area contributed by atoms with E-state index in [2.05, 4.69) is 5.32 Å². The lowest BCUT2D eigenvalue weighted by molar-refractivity contribution is -0.129. The van der Waals surface area contributed by atoms with Crippen molar-refractivity contribution in [2.24, 2.45) is 0 Å². The molecule has 0 fully saturated rings. The third-order valence-corrected chi connectivity index (χ3v) is 2.72. The van der Waals surface area contributed by atoms with Gasteiger partial charge in [-0.1, -0.05) is 6.07 Å². The van der Waals surface area contributed by atoms with Crippen molar-refractivity contribution >= 4 is 5.91 Å². The number of amides is 1. The molecule has 1 aromatic rings. The fraction of sp³-hybridized carbons (Fsp3) is 0.462. The van der Waals surface area contributed by atoms with Crippen LogP contribution in [0.25, 0.3) is 0 Å². The van der Waals surface area contributed by atoms with Crippen molar-refractivity contribution in [3.05, 3.63) is 35.1 Å². The van der Waals surface area contributed by atoms with Crippen LogP contribution in [-0.2, 0) is 16.0 Å². The van der Waals surface area contributed by atoms with E-state index in [0.717, 1.165) is 11.1 Å². The predicted molar refractivity (Wildman–Crippen MR) is 64.3 cm³/mol. The molecule has 0 bridgehead atoms. The third-order valence-electron chi connectivity index (χ3n) is 2.72. The van der Waals surface area contributed by atoms with Crippen LogP contribution in [-0.4, -0.2) is 25.7 Å². The number of hydrogen-bond donors (Lipinski definition) is 1. The van der Waals surface area contributed by atoms with Crippen molar-refractivity contribution < 1.29 is 13.9 Å². The molecule has 3 nitrogen and oxygen atoms in total. The normalized spacial score (nSPS) is 12.2. The molecule has 0 saturated heterocycles. The lowest BCUT2D eigenvalue weighted by Crippen LogP contribution is -2.35. The lowest BCUT2D eigenvalue weighted by atomic mass is 10.1. The SMILES string of the molecule is COC(C)C(=O)NCCc1ccc(F)cc1C. The molecular formula is C13H18FNO2. The molecule has 4 heteroatoms. The summed E-state index contributed by atoms with van der Waals surface area (Å²) in [6.45, 7) is 4.08. The van der Waals surface area contributed by atoms with Gasteiger partial charge in [0.05, 0.1) is 0 Å². The first kappa shape index (κ1) is 13.6. The zero-order valence-electron chi connectivity index (χ0n) is 10.4. The van der Waals surface area contributed by atoms with Crippen LogP contribution in [0.15, 0.2) is 18.2 Å². The van der Waals surface area contributed by atoms with Crippen molar-refractivity contribution in [1.29, 1.82) is 0 Å². The maximum Gasteiger partial charge on any atom is 0.248 e. The van der Waals surface area contributed by atoms with Crippen molar-refractivity contribution in [3.63, 3.8) is 0 Å². The summed E-state index contributed by atoms with van der Waals surface area (Å²) in [5.41, 5.74) is 1.94. The van der Waals surface area contributed by atoms with Gasteiger partial charge in [-0.2, -0.15) is 0 Å². The van der Waals surface area contributed by atoms with Gasteiger partial charge in [0.1, 0.15) is 11.9 Å². The highest BCUT2D eigenvalue weighted by Gasteiger charge is 2.10. The molecule has 0 aliphatic rings. The molecule has 0 heterocycles. The van der Waals surface area contributed by atoms with Gasteiger partial charge >= 0.3 is 0 Å². The zero-order valence-corrected chi connectivity index (χ0v) is 10.4. The molecule has 1 rings (SSSR count). The van der Waals surface area contributed by atoms with Gasteiger partial charge in [-0.05, 0) is 43.5 Å². The Morgan fingerprint density at radius 3 is 2.82 bits per heavy atom. The van der Waals surface area contributed by atoms with E-state index in [0.29, 0.717) is 13.0 Å². The quantitative estimate of drug-likeness (QED) is 0.851. The molecule has 1 atom stereocenters. The average molecular weight is 239 g/mol. The van der Waals surface area contributed by atoms with E-state index in [9.17, 15) is 9.18 Å². The molecule has 1 aromatic carbocycles. The van der Waals surface area contributed by atoms with Crippen LogP contribution in [0.5, 0.6) is 0 Å². The molecule has 94 valence electrons. The number of rotatable bonds is 5. The van der Waals surface area contributed by atoms with E-state index < -0.39 is 6.10 Å². The standard InChI is InChI=1S/C13H18FNO2/c1-9-8-12(14)5-4-11(9)6-7-15-13(16)10(2)17-3/h4-5,8,10H,6-7H2,1-3H3,(H,15,16). The molecule has 0 saturated carbocycles. The van der Waals surface area contributed by atoms with Crippen molar-refractivity contribution in [2.75, 3.05) is 13.7 Å². The fourth-order valence-corrected chi connectivity index (χ4v) is 1.51. The summed E-state index contributed by atoms with van der Waals surface area (Å²) >= 11 is 0. The number of aryl methyl sites for hydroxylation is 1. The number of hydrogen-bond acceptors (Lipinski definition) is 2. The Hall–Kier alpha value is -1.42.